The lowest BCUT2D eigenvalue weighted by atomic mass is 10.1. The number of carbonyl (C=O) groups is 2. The van der Waals surface area contributed by atoms with Crippen LogP contribution in [0.15, 0.2) is 30.5 Å². The lowest BCUT2D eigenvalue weighted by Crippen LogP contribution is -2.41. The maximum atomic E-state index is 13.2. The standard InChI is InChI=1S/C22H29N3O5S/c1-4-6-12-24(19-11-13-31(28,29)15-19)21(26)17-7-9-18(10-8-17)25-16(3)20(14-23-25)22(27)30-5-2/h7-10,14,19H,4-6,11-13,15H2,1-3H3. The summed E-state index contributed by atoms with van der Waals surface area (Å²) >= 11 is 0. The molecule has 1 aliphatic heterocycles. The second-order valence-corrected chi connectivity index (χ2v) is 9.96. The van der Waals surface area contributed by atoms with Gasteiger partial charge in [-0.1, -0.05) is 13.3 Å². The molecule has 0 spiro atoms. The zero-order valence-corrected chi connectivity index (χ0v) is 19.0. The normalized spacial score (nSPS) is 17.5. The first kappa shape index (κ1) is 23.0. The molecule has 0 saturated carbocycles. The highest BCUT2D eigenvalue weighted by atomic mass is 32.2. The van der Waals surface area contributed by atoms with Gasteiger partial charge in [-0.05, 0) is 51.0 Å². The maximum Gasteiger partial charge on any atom is 0.341 e. The van der Waals surface area contributed by atoms with Crippen LogP contribution in [0.1, 0.15) is 59.5 Å². The molecular formula is C22H29N3O5S. The number of esters is 1. The van der Waals surface area contributed by atoms with E-state index in [9.17, 15) is 18.0 Å². The molecule has 2 heterocycles. The molecule has 3 rings (SSSR count). The molecule has 0 radical (unpaired) electrons. The Hall–Kier alpha value is -2.68. The van der Waals surface area contributed by atoms with Crippen molar-refractivity contribution in [2.75, 3.05) is 24.7 Å². The molecule has 1 aliphatic rings. The van der Waals surface area contributed by atoms with Crippen LogP contribution in [0.5, 0.6) is 0 Å². The molecule has 0 aliphatic carbocycles. The van der Waals surface area contributed by atoms with Gasteiger partial charge in [0.15, 0.2) is 9.84 Å². The average Bonchev–Trinajstić information content (AvgIpc) is 3.30. The number of hydrogen-bond acceptors (Lipinski definition) is 6. The molecule has 1 aromatic carbocycles. The number of unbranched alkanes of at least 4 members (excludes halogenated alkanes) is 1. The third kappa shape index (κ3) is 5.15. The number of sulfone groups is 1. The fourth-order valence-corrected chi connectivity index (χ4v) is 5.52. The Balaban J connectivity index is 1.81. The van der Waals surface area contributed by atoms with Crippen LogP contribution in [-0.2, 0) is 14.6 Å². The first-order chi connectivity index (χ1) is 14.8. The van der Waals surface area contributed by atoms with Gasteiger partial charge in [-0.3, -0.25) is 4.79 Å². The van der Waals surface area contributed by atoms with E-state index in [1.54, 1.807) is 47.7 Å². The SMILES string of the molecule is CCCCN(C(=O)c1ccc(-n2ncc(C(=O)OCC)c2C)cc1)C1CCS(=O)(=O)C1. The van der Waals surface area contributed by atoms with Gasteiger partial charge in [0.2, 0.25) is 0 Å². The van der Waals surface area contributed by atoms with Crippen molar-refractivity contribution in [1.29, 1.82) is 0 Å². The summed E-state index contributed by atoms with van der Waals surface area (Å²) in [6.07, 6.45) is 3.70. The second-order valence-electron chi connectivity index (χ2n) is 7.73. The highest BCUT2D eigenvalue weighted by molar-refractivity contribution is 7.91. The Labute approximate surface area is 183 Å². The summed E-state index contributed by atoms with van der Waals surface area (Å²) in [5, 5.41) is 4.27. The van der Waals surface area contributed by atoms with Gasteiger partial charge >= 0.3 is 5.97 Å². The molecule has 8 nitrogen and oxygen atoms in total. The summed E-state index contributed by atoms with van der Waals surface area (Å²) in [5.41, 5.74) is 2.26. The quantitative estimate of drug-likeness (QED) is 0.577. The van der Waals surface area contributed by atoms with Crippen molar-refractivity contribution in [3.05, 3.63) is 47.3 Å². The molecular weight excluding hydrogens is 418 g/mol. The summed E-state index contributed by atoms with van der Waals surface area (Å²) in [6, 6.07) is 6.69. The largest absolute Gasteiger partial charge is 0.462 e. The fraction of sp³-hybridized carbons (Fsp3) is 0.500. The van der Waals surface area contributed by atoms with Gasteiger partial charge in [-0.2, -0.15) is 5.10 Å². The summed E-state index contributed by atoms with van der Waals surface area (Å²) in [5.74, 6) is -0.417. The highest BCUT2D eigenvalue weighted by Gasteiger charge is 2.34. The molecule has 1 saturated heterocycles. The van der Waals surface area contributed by atoms with E-state index in [1.807, 2.05) is 6.92 Å². The minimum atomic E-state index is -3.08. The average molecular weight is 448 g/mol. The number of aromatic nitrogens is 2. The Morgan fingerprint density at radius 3 is 2.52 bits per heavy atom. The Morgan fingerprint density at radius 2 is 1.94 bits per heavy atom. The van der Waals surface area contributed by atoms with Gasteiger partial charge < -0.3 is 9.64 Å². The van der Waals surface area contributed by atoms with E-state index < -0.39 is 15.8 Å². The maximum absolute atomic E-state index is 13.2. The molecule has 1 amide bonds. The molecule has 1 fully saturated rings. The molecule has 2 aromatic rings. The van der Waals surface area contributed by atoms with Gasteiger partial charge in [0, 0.05) is 18.2 Å². The number of carbonyl (C=O) groups excluding carboxylic acids is 2. The monoisotopic (exact) mass is 447 g/mol. The van der Waals surface area contributed by atoms with E-state index in [1.165, 1.54) is 6.20 Å². The summed E-state index contributed by atoms with van der Waals surface area (Å²) in [6.45, 7) is 6.40. The van der Waals surface area contributed by atoms with E-state index in [2.05, 4.69) is 5.10 Å². The summed E-state index contributed by atoms with van der Waals surface area (Å²) in [4.78, 5) is 26.9. The van der Waals surface area contributed by atoms with Crippen LogP contribution in [0.3, 0.4) is 0 Å². The Kier molecular flexibility index (Phi) is 7.15. The van der Waals surface area contributed by atoms with E-state index in [0.29, 0.717) is 35.5 Å². The predicted octanol–water partition coefficient (Wildman–Crippen LogP) is 2.79. The smallest absolute Gasteiger partial charge is 0.341 e. The molecule has 1 atom stereocenters. The van der Waals surface area contributed by atoms with Crippen LogP contribution in [0.4, 0.5) is 0 Å². The fourth-order valence-electron chi connectivity index (χ4n) is 3.79. The number of rotatable bonds is 8. The number of hydrogen-bond donors (Lipinski definition) is 0. The van der Waals surface area contributed by atoms with Crippen LogP contribution in [0, 0.1) is 6.92 Å². The first-order valence-corrected chi connectivity index (χ1v) is 12.4. The molecule has 1 aromatic heterocycles. The van der Waals surface area contributed by atoms with E-state index >= 15 is 0 Å². The topological polar surface area (TPSA) is 98.6 Å². The number of benzene rings is 1. The molecule has 168 valence electrons. The van der Waals surface area contributed by atoms with E-state index in [-0.39, 0.29) is 30.1 Å². The van der Waals surface area contributed by atoms with Crippen molar-refractivity contribution in [2.45, 2.75) is 46.1 Å². The number of ether oxygens (including phenoxy) is 1. The summed E-state index contributed by atoms with van der Waals surface area (Å²) < 4.78 is 30.5. The lowest BCUT2D eigenvalue weighted by Gasteiger charge is -2.28. The van der Waals surface area contributed by atoms with E-state index in [4.69, 9.17) is 4.74 Å². The molecule has 0 bridgehead atoms. The number of amides is 1. The second kappa shape index (κ2) is 9.64. The van der Waals surface area contributed by atoms with E-state index in [0.717, 1.165) is 12.8 Å². The van der Waals surface area contributed by atoms with Crippen LogP contribution in [0.2, 0.25) is 0 Å². The van der Waals surface area contributed by atoms with Crippen LogP contribution < -0.4 is 0 Å². The number of nitrogens with zero attached hydrogens (tertiary/aromatic N) is 3. The Morgan fingerprint density at radius 1 is 1.23 bits per heavy atom. The van der Waals surface area contributed by atoms with Gasteiger partial charge in [0.05, 0.1) is 35.7 Å². The molecule has 0 N–H and O–H groups in total. The highest BCUT2D eigenvalue weighted by Crippen LogP contribution is 2.22. The molecule has 31 heavy (non-hydrogen) atoms. The van der Waals surface area contributed by atoms with Crippen molar-refractivity contribution < 1.29 is 22.7 Å². The van der Waals surface area contributed by atoms with Gasteiger partial charge in [0.25, 0.3) is 5.91 Å². The van der Waals surface area contributed by atoms with Gasteiger partial charge in [-0.25, -0.2) is 17.9 Å². The van der Waals surface area contributed by atoms with Crippen molar-refractivity contribution in [2.24, 2.45) is 0 Å². The summed E-state index contributed by atoms with van der Waals surface area (Å²) in [7, 11) is -3.08. The lowest BCUT2D eigenvalue weighted by molar-refractivity contribution is 0.0525. The van der Waals surface area contributed by atoms with Crippen molar-refractivity contribution in [3.8, 4) is 5.69 Å². The van der Waals surface area contributed by atoms with Crippen LogP contribution in [-0.4, -0.2) is 65.7 Å². The zero-order valence-electron chi connectivity index (χ0n) is 18.2. The van der Waals surface area contributed by atoms with Crippen molar-refractivity contribution in [1.82, 2.24) is 14.7 Å². The first-order valence-electron chi connectivity index (χ1n) is 10.6. The minimum absolute atomic E-state index is 0.0314. The Bertz CT molecular complexity index is 1040. The van der Waals surface area contributed by atoms with Crippen molar-refractivity contribution >= 4 is 21.7 Å². The van der Waals surface area contributed by atoms with Gasteiger partial charge in [0.1, 0.15) is 5.56 Å². The van der Waals surface area contributed by atoms with Gasteiger partial charge in [-0.15, -0.1) is 0 Å². The minimum Gasteiger partial charge on any atom is -0.462 e. The zero-order chi connectivity index (χ0) is 22.6. The molecule has 9 heteroatoms. The third-order valence-electron chi connectivity index (χ3n) is 5.53. The van der Waals surface area contributed by atoms with Crippen LogP contribution >= 0.6 is 0 Å². The predicted molar refractivity (Wildman–Crippen MR) is 117 cm³/mol. The van der Waals surface area contributed by atoms with Crippen molar-refractivity contribution in [3.63, 3.8) is 0 Å². The molecule has 1 unspecified atom stereocenters. The third-order valence-corrected chi connectivity index (χ3v) is 7.28. The van der Waals surface area contributed by atoms with Crippen LogP contribution in [0.25, 0.3) is 5.69 Å².